The Morgan fingerprint density at radius 1 is 0.447 bits per heavy atom. The summed E-state index contributed by atoms with van der Waals surface area (Å²) in [6, 6.07) is 0. The number of nitrogens with zero attached hydrogens (tertiary/aromatic N) is 4. The molecule has 0 aliphatic rings. The van der Waals surface area contributed by atoms with Crippen LogP contribution in [0.25, 0.3) is 42.7 Å². The van der Waals surface area contributed by atoms with E-state index in [1.807, 2.05) is 0 Å². The molecule has 0 fully saturated rings. The molecule has 5 rings (SSSR count). The lowest BCUT2D eigenvalue weighted by Gasteiger charge is -2.15. The van der Waals surface area contributed by atoms with Gasteiger partial charge in [-0.3, -0.25) is 0 Å². The van der Waals surface area contributed by atoms with Gasteiger partial charge in [0.25, 0.3) is 0 Å². The van der Waals surface area contributed by atoms with Crippen LogP contribution in [0.1, 0.15) is 36.7 Å². The quantitative estimate of drug-likeness (QED) is 0.117. The van der Waals surface area contributed by atoms with E-state index in [4.69, 9.17) is 0 Å². The molecule has 0 saturated carbocycles. The molecule has 2 heterocycles. The maximum Gasteiger partial charge on any atom is 0.172 e. The Kier molecular flexibility index (Phi) is 6.80. The Bertz CT molecular complexity index is 1620. The number of hydrogen-bond donors (Lipinski definition) is 0. The third kappa shape index (κ3) is 3.83. The van der Waals surface area contributed by atoms with Crippen LogP contribution in [-0.4, -0.2) is 20.4 Å². The van der Waals surface area contributed by atoms with Gasteiger partial charge in [-0.2, -0.15) is 0 Å². The van der Waals surface area contributed by atoms with Crippen molar-refractivity contribution in [1.29, 1.82) is 0 Å². The van der Waals surface area contributed by atoms with E-state index >= 15 is 26.3 Å². The van der Waals surface area contributed by atoms with E-state index in [0.29, 0.717) is 58.4 Å². The van der Waals surface area contributed by atoms with E-state index in [1.54, 1.807) is 13.8 Å². The average Bonchev–Trinajstić information content (AvgIpc) is 3.53. The van der Waals surface area contributed by atoms with Crippen molar-refractivity contribution in [2.45, 2.75) is 39.5 Å². The van der Waals surface area contributed by atoms with E-state index in [1.165, 1.54) is 0 Å². The highest BCUT2D eigenvalue weighted by Gasteiger charge is 2.34. The smallest absolute Gasteiger partial charge is 0.172 e. The van der Waals surface area contributed by atoms with Crippen molar-refractivity contribution >= 4 is 44.2 Å². The third-order valence-electron chi connectivity index (χ3n) is 5.81. The minimum atomic E-state index is -2.08. The van der Waals surface area contributed by atoms with Crippen LogP contribution in [0.15, 0.2) is 0 Å². The molecule has 0 saturated heterocycles. The molecule has 0 bridgehead atoms. The Morgan fingerprint density at radius 2 is 0.789 bits per heavy atom. The highest BCUT2D eigenvalue weighted by atomic mass is 32.1. The summed E-state index contributed by atoms with van der Waals surface area (Å²) in [6.45, 7) is 3.61. The summed E-state index contributed by atoms with van der Waals surface area (Å²) >= 11 is 1.40. The standard InChI is InChI=1S/C24H14F8N4S2/c1-3-5-7-33-35-23(37-7)13-17(27)9-11(19(29)21(13)31)16(26)12-10(15(9)25)18(28)14(22(32)20(12)30)24-36-34-8(38-24)6-4-2/h3-6H2,1-2H3. The van der Waals surface area contributed by atoms with Crippen molar-refractivity contribution in [1.82, 2.24) is 20.4 Å². The van der Waals surface area contributed by atoms with Crippen LogP contribution in [-0.2, 0) is 12.8 Å². The zero-order valence-corrected chi connectivity index (χ0v) is 21.1. The van der Waals surface area contributed by atoms with Gasteiger partial charge in [0.05, 0.1) is 32.7 Å². The Morgan fingerprint density at radius 3 is 1.13 bits per heavy atom. The SMILES string of the molecule is CCCc1nnc(-c2c(F)c(F)c3c(F)c4c(F)c(F)c(-c5nnc(CCC)s5)c(F)c4c(F)c3c2F)s1. The molecule has 0 atom stereocenters. The number of benzene rings is 3. The molecule has 0 unspecified atom stereocenters. The topological polar surface area (TPSA) is 51.6 Å². The van der Waals surface area contributed by atoms with Crippen LogP contribution >= 0.6 is 22.7 Å². The molecule has 4 nitrogen and oxygen atoms in total. The third-order valence-corrected chi connectivity index (χ3v) is 7.81. The summed E-state index contributed by atoms with van der Waals surface area (Å²) in [5.74, 6) is -15.7. The Labute approximate surface area is 217 Å². The van der Waals surface area contributed by atoms with Gasteiger partial charge in [-0.1, -0.05) is 36.5 Å². The monoisotopic (exact) mass is 574 g/mol. The van der Waals surface area contributed by atoms with Crippen molar-refractivity contribution in [3.63, 3.8) is 0 Å². The minimum absolute atomic E-state index is 0.347. The molecule has 0 radical (unpaired) electrons. The molecule has 0 N–H and O–H groups in total. The molecule has 0 aliphatic heterocycles. The van der Waals surface area contributed by atoms with Crippen LogP contribution in [0.5, 0.6) is 0 Å². The lowest BCUT2D eigenvalue weighted by Crippen LogP contribution is -2.06. The number of hydrogen-bond acceptors (Lipinski definition) is 6. The van der Waals surface area contributed by atoms with Crippen molar-refractivity contribution in [3.05, 3.63) is 56.6 Å². The fourth-order valence-corrected chi connectivity index (χ4v) is 6.06. The van der Waals surface area contributed by atoms with Gasteiger partial charge in [-0.15, -0.1) is 20.4 Å². The predicted octanol–water partition coefficient (Wildman–Crippen LogP) is 8.05. The van der Waals surface area contributed by atoms with Gasteiger partial charge < -0.3 is 0 Å². The zero-order valence-electron chi connectivity index (χ0n) is 19.5. The van der Waals surface area contributed by atoms with Gasteiger partial charge in [0.2, 0.25) is 0 Å². The molecule has 0 aliphatic carbocycles. The van der Waals surface area contributed by atoms with Crippen LogP contribution in [0.2, 0.25) is 0 Å². The van der Waals surface area contributed by atoms with Crippen LogP contribution in [0.4, 0.5) is 35.1 Å². The van der Waals surface area contributed by atoms with Crippen LogP contribution in [0, 0.1) is 46.5 Å². The predicted molar refractivity (Wildman–Crippen MR) is 127 cm³/mol. The highest BCUT2D eigenvalue weighted by molar-refractivity contribution is 7.15. The Hall–Kier alpha value is -3.26. The highest BCUT2D eigenvalue weighted by Crippen LogP contribution is 2.44. The van der Waals surface area contributed by atoms with Gasteiger partial charge in [-0.05, 0) is 12.8 Å². The summed E-state index contributed by atoms with van der Waals surface area (Å²) in [6.07, 6.45) is 1.98. The number of rotatable bonds is 6. The largest absolute Gasteiger partial charge is 0.205 e. The fraction of sp³-hybridized carbons (Fsp3) is 0.250. The maximum atomic E-state index is 15.7. The molecule has 38 heavy (non-hydrogen) atoms. The van der Waals surface area contributed by atoms with Gasteiger partial charge in [0, 0.05) is 12.8 Å². The first-order valence-electron chi connectivity index (χ1n) is 11.2. The van der Waals surface area contributed by atoms with E-state index in [-0.39, 0.29) is 0 Å². The molecule has 3 aromatic carbocycles. The molecule has 0 spiro atoms. The minimum Gasteiger partial charge on any atom is -0.205 e. The van der Waals surface area contributed by atoms with Gasteiger partial charge in [0.1, 0.15) is 33.3 Å². The van der Waals surface area contributed by atoms with Gasteiger partial charge in [-0.25, -0.2) is 35.1 Å². The van der Waals surface area contributed by atoms with Crippen LogP contribution < -0.4 is 0 Å². The summed E-state index contributed by atoms with van der Waals surface area (Å²) in [7, 11) is 0. The first-order valence-corrected chi connectivity index (χ1v) is 12.9. The van der Waals surface area contributed by atoms with Gasteiger partial charge >= 0.3 is 0 Å². The van der Waals surface area contributed by atoms with E-state index in [9.17, 15) is 8.78 Å². The zero-order chi connectivity index (χ0) is 27.5. The molecule has 5 aromatic rings. The summed E-state index contributed by atoms with van der Waals surface area (Å²) in [4.78, 5) is 0. The van der Waals surface area contributed by atoms with E-state index < -0.39 is 89.2 Å². The van der Waals surface area contributed by atoms with Crippen LogP contribution in [0.3, 0.4) is 0 Å². The van der Waals surface area contributed by atoms with Gasteiger partial charge in [0.15, 0.2) is 33.3 Å². The summed E-state index contributed by atoms with van der Waals surface area (Å²) < 4.78 is 122. The first-order chi connectivity index (χ1) is 18.1. The molecular formula is C24H14F8N4S2. The second-order valence-electron chi connectivity index (χ2n) is 8.26. The number of aromatic nitrogens is 4. The lowest BCUT2D eigenvalue weighted by molar-refractivity contribution is 0.494. The maximum absolute atomic E-state index is 15.7. The normalized spacial score (nSPS) is 11.8. The summed E-state index contributed by atoms with van der Waals surface area (Å²) in [5.41, 5.74) is -2.30. The fourth-order valence-electron chi connectivity index (χ4n) is 4.11. The van der Waals surface area contributed by atoms with Crippen molar-refractivity contribution in [2.24, 2.45) is 0 Å². The number of aryl methyl sites for hydroxylation is 2. The molecule has 2 aromatic heterocycles. The first kappa shape index (κ1) is 26.4. The van der Waals surface area contributed by atoms with Crippen molar-refractivity contribution in [3.8, 4) is 21.1 Å². The second kappa shape index (κ2) is 9.80. The van der Waals surface area contributed by atoms with Crippen molar-refractivity contribution < 1.29 is 35.1 Å². The second-order valence-corrected chi connectivity index (χ2v) is 10.4. The van der Waals surface area contributed by atoms with Crippen molar-refractivity contribution in [2.75, 3.05) is 0 Å². The molecule has 14 heteroatoms. The van der Waals surface area contributed by atoms with E-state index in [2.05, 4.69) is 20.4 Å². The molecule has 198 valence electrons. The Balaban J connectivity index is 1.89. The molecular weight excluding hydrogens is 560 g/mol. The van der Waals surface area contributed by atoms with E-state index in [0.717, 1.165) is 0 Å². The molecule has 0 amide bonds. The number of halogens is 8. The summed E-state index contributed by atoms with van der Waals surface area (Å²) in [5, 5.41) is 8.21. The lowest BCUT2D eigenvalue weighted by atomic mass is 9.96. The average molecular weight is 575 g/mol. The number of fused-ring (bicyclic) bond motifs is 2.